The number of aromatic nitrogens is 2. The number of nitrogens with zero attached hydrogens (tertiary/aromatic N) is 4. The van der Waals surface area contributed by atoms with Crippen molar-refractivity contribution in [2.75, 3.05) is 57.3 Å². The van der Waals surface area contributed by atoms with Crippen LogP contribution in [0.25, 0.3) is 0 Å². The summed E-state index contributed by atoms with van der Waals surface area (Å²) in [6, 6.07) is 0. The van der Waals surface area contributed by atoms with E-state index in [4.69, 9.17) is 9.47 Å². The molecule has 3 heterocycles. The zero-order valence-corrected chi connectivity index (χ0v) is 17.1. The molecule has 28 heavy (non-hydrogen) atoms. The predicted molar refractivity (Wildman–Crippen MR) is 106 cm³/mol. The van der Waals surface area contributed by atoms with E-state index in [1.54, 1.807) is 12.4 Å². The first kappa shape index (κ1) is 20.8. The minimum Gasteiger partial charge on any atom is -0.388 e. The molecule has 0 radical (unpaired) electrons. The van der Waals surface area contributed by atoms with Gasteiger partial charge in [-0.05, 0) is 26.2 Å². The van der Waals surface area contributed by atoms with Crippen LogP contribution >= 0.6 is 0 Å². The summed E-state index contributed by atoms with van der Waals surface area (Å²) < 4.78 is 11.0. The van der Waals surface area contributed by atoms with Crippen molar-refractivity contribution < 1.29 is 19.4 Å². The number of methoxy groups -OCH3 is 1. The highest BCUT2D eigenvalue weighted by Gasteiger charge is 2.53. The van der Waals surface area contributed by atoms with Crippen molar-refractivity contribution in [2.24, 2.45) is 0 Å². The third-order valence-corrected chi connectivity index (χ3v) is 5.81. The van der Waals surface area contributed by atoms with Crippen LogP contribution < -0.4 is 15.1 Å². The lowest BCUT2D eigenvalue weighted by Crippen LogP contribution is -2.69. The van der Waals surface area contributed by atoms with E-state index in [1.165, 1.54) is 7.11 Å². The SMILES string of the molecule is COCC(=O)N[C@]1(C)CCOC2(CCN(c3cncc(N(C)C)n3)CC2)[C@H]1O. The van der Waals surface area contributed by atoms with Gasteiger partial charge in [-0.3, -0.25) is 9.78 Å². The molecule has 0 bridgehead atoms. The van der Waals surface area contributed by atoms with Gasteiger partial charge >= 0.3 is 0 Å². The number of rotatable bonds is 5. The van der Waals surface area contributed by atoms with Gasteiger partial charge in [0.2, 0.25) is 5.91 Å². The molecular weight excluding hydrogens is 362 g/mol. The normalized spacial score (nSPS) is 26.9. The second-order valence-corrected chi connectivity index (χ2v) is 8.08. The predicted octanol–water partition coefficient (Wildman–Crippen LogP) is 0.184. The summed E-state index contributed by atoms with van der Waals surface area (Å²) in [5.41, 5.74) is -1.41. The van der Waals surface area contributed by atoms with Gasteiger partial charge in [-0.15, -0.1) is 0 Å². The third-order valence-electron chi connectivity index (χ3n) is 5.81. The van der Waals surface area contributed by atoms with Crippen LogP contribution in [-0.2, 0) is 14.3 Å². The smallest absolute Gasteiger partial charge is 0.246 e. The fourth-order valence-corrected chi connectivity index (χ4v) is 4.12. The van der Waals surface area contributed by atoms with Gasteiger partial charge in [0, 0.05) is 40.9 Å². The molecule has 2 N–H and O–H groups in total. The van der Waals surface area contributed by atoms with E-state index in [2.05, 4.69) is 20.2 Å². The Hall–Kier alpha value is -1.97. The number of carbonyl (C=O) groups is 1. The minimum atomic E-state index is -0.795. The van der Waals surface area contributed by atoms with Crippen LogP contribution in [0.4, 0.5) is 11.6 Å². The van der Waals surface area contributed by atoms with E-state index >= 15 is 0 Å². The number of ether oxygens (including phenoxy) is 2. The van der Waals surface area contributed by atoms with Crippen LogP contribution in [0, 0.1) is 0 Å². The Labute approximate surface area is 166 Å². The molecule has 3 rings (SSSR count). The summed E-state index contributed by atoms with van der Waals surface area (Å²) in [5, 5.41) is 14.1. The molecule has 9 heteroatoms. The van der Waals surface area contributed by atoms with Crippen molar-refractivity contribution in [1.82, 2.24) is 15.3 Å². The zero-order valence-electron chi connectivity index (χ0n) is 17.1. The van der Waals surface area contributed by atoms with Gasteiger partial charge in [-0.1, -0.05) is 0 Å². The first-order chi connectivity index (χ1) is 13.3. The fourth-order valence-electron chi connectivity index (χ4n) is 4.12. The lowest BCUT2D eigenvalue weighted by Gasteiger charge is -2.53. The number of aliphatic hydroxyl groups excluding tert-OH is 1. The maximum atomic E-state index is 12.0. The van der Waals surface area contributed by atoms with Crippen LogP contribution in [0.15, 0.2) is 12.4 Å². The van der Waals surface area contributed by atoms with Crippen molar-refractivity contribution in [3.8, 4) is 0 Å². The lowest BCUT2D eigenvalue weighted by atomic mass is 9.73. The fraction of sp³-hybridized carbons (Fsp3) is 0.737. The summed E-state index contributed by atoms with van der Waals surface area (Å²) in [6.07, 6.45) is 4.56. The van der Waals surface area contributed by atoms with Gasteiger partial charge in [-0.2, -0.15) is 0 Å². The molecule has 2 aliphatic rings. The molecule has 156 valence electrons. The van der Waals surface area contributed by atoms with Gasteiger partial charge in [0.15, 0.2) is 0 Å². The maximum Gasteiger partial charge on any atom is 0.246 e. The Morgan fingerprint density at radius 3 is 2.75 bits per heavy atom. The van der Waals surface area contributed by atoms with Gasteiger partial charge in [0.1, 0.15) is 24.3 Å². The molecule has 2 atom stereocenters. The summed E-state index contributed by atoms with van der Waals surface area (Å²) in [5.74, 6) is 1.40. The first-order valence-electron chi connectivity index (χ1n) is 9.66. The van der Waals surface area contributed by atoms with Crippen molar-refractivity contribution in [1.29, 1.82) is 0 Å². The maximum absolute atomic E-state index is 12.0. The molecule has 0 aliphatic carbocycles. The number of amides is 1. The Morgan fingerprint density at radius 2 is 2.11 bits per heavy atom. The number of anilines is 2. The largest absolute Gasteiger partial charge is 0.388 e. The molecule has 1 spiro atoms. The van der Waals surface area contributed by atoms with Crippen molar-refractivity contribution in [2.45, 2.75) is 43.4 Å². The first-order valence-corrected chi connectivity index (χ1v) is 9.66. The van der Waals surface area contributed by atoms with E-state index in [0.717, 1.165) is 11.6 Å². The van der Waals surface area contributed by atoms with Crippen LogP contribution in [0.3, 0.4) is 0 Å². The average Bonchev–Trinajstić information content (AvgIpc) is 2.67. The molecule has 2 aliphatic heterocycles. The van der Waals surface area contributed by atoms with Crippen LogP contribution in [0.1, 0.15) is 26.2 Å². The summed E-state index contributed by atoms with van der Waals surface area (Å²) in [7, 11) is 5.35. The Bertz CT molecular complexity index is 693. The number of piperidine rings is 1. The molecule has 2 fully saturated rings. The molecular formula is C19H31N5O4. The van der Waals surface area contributed by atoms with E-state index in [1.807, 2.05) is 25.9 Å². The number of hydrogen-bond donors (Lipinski definition) is 2. The second-order valence-electron chi connectivity index (χ2n) is 8.08. The standard InChI is InChI=1S/C19H31N5O4/c1-18(22-16(25)13-27-4)7-10-28-19(17(18)26)5-8-24(9-6-19)15-12-20-11-14(21-15)23(2)3/h11-12,17,26H,5-10,13H2,1-4H3,(H,22,25)/t17-,18+/m0/s1. The van der Waals surface area contributed by atoms with Crippen LogP contribution in [0.5, 0.6) is 0 Å². The van der Waals surface area contributed by atoms with Gasteiger partial charge in [0.25, 0.3) is 0 Å². The Morgan fingerprint density at radius 1 is 1.39 bits per heavy atom. The highest BCUT2D eigenvalue weighted by molar-refractivity contribution is 5.78. The molecule has 0 saturated carbocycles. The molecule has 2 saturated heterocycles. The number of nitrogens with one attached hydrogen (secondary N) is 1. The summed E-state index contributed by atoms with van der Waals surface area (Å²) in [4.78, 5) is 25.1. The minimum absolute atomic E-state index is 0.0230. The molecule has 9 nitrogen and oxygen atoms in total. The van der Waals surface area contributed by atoms with E-state index in [9.17, 15) is 9.90 Å². The molecule has 0 unspecified atom stereocenters. The summed E-state index contributed by atoms with van der Waals surface area (Å²) in [6.45, 7) is 3.75. The van der Waals surface area contributed by atoms with Crippen LogP contribution in [-0.4, -0.2) is 85.7 Å². The monoisotopic (exact) mass is 393 g/mol. The van der Waals surface area contributed by atoms with Gasteiger partial charge in [0.05, 0.1) is 23.5 Å². The quantitative estimate of drug-likeness (QED) is 0.731. The highest BCUT2D eigenvalue weighted by atomic mass is 16.5. The number of hydrogen-bond acceptors (Lipinski definition) is 8. The van der Waals surface area contributed by atoms with Gasteiger partial charge < -0.3 is 29.7 Å². The Kier molecular flexibility index (Phi) is 6.07. The molecule has 1 amide bonds. The Balaban J connectivity index is 1.70. The lowest BCUT2D eigenvalue weighted by molar-refractivity contribution is -0.198. The molecule has 1 aromatic heterocycles. The van der Waals surface area contributed by atoms with Crippen molar-refractivity contribution >= 4 is 17.5 Å². The zero-order chi connectivity index (χ0) is 20.4. The summed E-state index contributed by atoms with van der Waals surface area (Å²) >= 11 is 0. The van der Waals surface area contributed by atoms with E-state index in [0.29, 0.717) is 39.0 Å². The second kappa shape index (κ2) is 8.18. The van der Waals surface area contributed by atoms with Crippen molar-refractivity contribution in [3.05, 3.63) is 12.4 Å². The third kappa shape index (κ3) is 4.06. The van der Waals surface area contributed by atoms with E-state index < -0.39 is 17.2 Å². The average molecular weight is 393 g/mol. The van der Waals surface area contributed by atoms with Crippen LogP contribution in [0.2, 0.25) is 0 Å². The molecule has 0 aromatic carbocycles. The van der Waals surface area contributed by atoms with E-state index in [-0.39, 0.29) is 12.5 Å². The highest BCUT2D eigenvalue weighted by Crippen LogP contribution is 2.40. The topological polar surface area (TPSA) is 100 Å². The van der Waals surface area contributed by atoms with Crippen molar-refractivity contribution in [3.63, 3.8) is 0 Å². The number of aliphatic hydroxyl groups is 1. The van der Waals surface area contributed by atoms with Gasteiger partial charge in [-0.25, -0.2) is 4.98 Å². The number of carbonyl (C=O) groups excluding carboxylic acids is 1. The molecule has 1 aromatic rings.